The largest absolute Gasteiger partial charge is 0.300 e. The molecule has 2 aliphatic rings. The third-order valence-corrected chi connectivity index (χ3v) is 6.99. The maximum atomic E-state index is 11.4. The van der Waals surface area contributed by atoms with Crippen molar-refractivity contribution in [3.63, 3.8) is 0 Å². The third kappa shape index (κ3) is 9.40. The van der Waals surface area contributed by atoms with Crippen LogP contribution in [0.3, 0.4) is 0 Å². The SMILES string of the molecule is CN(/N=C/c1ccc(Cl)cc1)[C@H]1CCCC(=O)C1.CN(/N=C/c1ccc(Cl)cc1)[C@H]1CCCC(=O)C1. The van der Waals surface area contributed by atoms with E-state index in [1.54, 1.807) is 12.4 Å². The van der Waals surface area contributed by atoms with Crippen molar-refractivity contribution in [2.45, 2.75) is 63.5 Å². The van der Waals surface area contributed by atoms with Gasteiger partial charge in [0, 0.05) is 49.8 Å². The Balaban J connectivity index is 0.000000201. The fraction of sp³-hybridized carbons (Fsp3) is 0.429. The average molecular weight is 530 g/mol. The lowest BCUT2D eigenvalue weighted by Gasteiger charge is -2.28. The van der Waals surface area contributed by atoms with E-state index in [0.29, 0.717) is 24.4 Å². The summed E-state index contributed by atoms with van der Waals surface area (Å²) in [6.07, 6.45) is 10.3. The molecule has 2 aromatic carbocycles. The summed E-state index contributed by atoms with van der Waals surface area (Å²) in [5.41, 5.74) is 2.02. The molecule has 0 radical (unpaired) electrons. The molecule has 0 unspecified atom stereocenters. The van der Waals surface area contributed by atoms with Gasteiger partial charge in [-0.2, -0.15) is 10.2 Å². The number of benzene rings is 2. The minimum atomic E-state index is 0.245. The highest BCUT2D eigenvalue weighted by molar-refractivity contribution is 6.30. The van der Waals surface area contributed by atoms with E-state index in [1.807, 2.05) is 72.6 Å². The van der Waals surface area contributed by atoms with Gasteiger partial charge in [0.1, 0.15) is 11.6 Å². The van der Waals surface area contributed by atoms with Crippen molar-refractivity contribution >= 4 is 47.2 Å². The summed E-state index contributed by atoms with van der Waals surface area (Å²) in [5, 5.41) is 14.0. The van der Waals surface area contributed by atoms with E-state index in [4.69, 9.17) is 23.2 Å². The molecular weight excluding hydrogens is 495 g/mol. The van der Waals surface area contributed by atoms with Crippen LogP contribution in [0.5, 0.6) is 0 Å². The van der Waals surface area contributed by atoms with Crippen molar-refractivity contribution in [2.24, 2.45) is 10.2 Å². The van der Waals surface area contributed by atoms with Crippen molar-refractivity contribution in [3.05, 3.63) is 69.7 Å². The van der Waals surface area contributed by atoms with Crippen LogP contribution < -0.4 is 0 Å². The number of hydrogen-bond donors (Lipinski definition) is 0. The van der Waals surface area contributed by atoms with Gasteiger partial charge in [-0.15, -0.1) is 0 Å². The zero-order valence-electron chi connectivity index (χ0n) is 20.9. The zero-order chi connectivity index (χ0) is 25.9. The number of hydrogen-bond acceptors (Lipinski definition) is 6. The van der Waals surface area contributed by atoms with Gasteiger partial charge in [0.05, 0.1) is 24.5 Å². The Labute approximate surface area is 224 Å². The van der Waals surface area contributed by atoms with Crippen LogP contribution in [0.4, 0.5) is 0 Å². The lowest BCUT2D eigenvalue weighted by molar-refractivity contribution is -0.122. The number of ketones is 2. The van der Waals surface area contributed by atoms with E-state index in [9.17, 15) is 9.59 Å². The topological polar surface area (TPSA) is 65.3 Å². The molecule has 0 amide bonds. The van der Waals surface area contributed by atoms with Crippen LogP contribution in [0.1, 0.15) is 62.5 Å². The molecule has 2 atom stereocenters. The molecule has 0 bridgehead atoms. The number of nitrogens with zero attached hydrogens (tertiary/aromatic N) is 4. The molecule has 6 nitrogen and oxygen atoms in total. The fourth-order valence-corrected chi connectivity index (χ4v) is 4.50. The Morgan fingerprint density at radius 3 is 1.39 bits per heavy atom. The molecule has 2 aliphatic carbocycles. The van der Waals surface area contributed by atoms with Crippen LogP contribution in [0.2, 0.25) is 10.0 Å². The molecule has 0 N–H and O–H groups in total. The van der Waals surface area contributed by atoms with Gasteiger partial charge in [-0.05, 0) is 61.1 Å². The van der Waals surface area contributed by atoms with Gasteiger partial charge < -0.3 is 0 Å². The first-order valence-corrected chi connectivity index (χ1v) is 13.1. The molecule has 2 aromatic rings. The number of carbonyl (C=O) groups is 2. The first kappa shape index (κ1) is 27.9. The van der Waals surface area contributed by atoms with Gasteiger partial charge in [0.15, 0.2) is 0 Å². The summed E-state index contributed by atoms with van der Waals surface area (Å²) in [4.78, 5) is 22.8. The molecule has 0 heterocycles. The van der Waals surface area contributed by atoms with Gasteiger partial charge in [-0.3, -0.25) is 19.6 Å². The second-order valence-corrected chi connectivity index (χ2v) is 10.2. The predicted octanol–water partition coefficient (Wildman–Crippen LogP) is 6.23. The zero-order valence-corrected chi connectivity index (χ0v) is 22.5. The molecule has 0 saturated heterocycles. The fourth-order valence-electron chi connectivity index (χ4n) is 4.24. The highest BCUT2D eigenvalue weighted by atomic mass is 35.5. The van der Waals surface area contributed by atoms with Crippen molar-refractivity contribution in [1.29, 1.82) is 0 Å². The van der Waals surface area contributed by atoms with E-state index in [0.717, 1.165) is 59.7 Å². The highest BCUT2D eigenvalue weighted by Gasteiger charge is 2.22. The smallest absolute Gasteiger partial charge is 0.135 e. The Kier molecular flexibility index (Phi) is 11.0. The van der Waals surface area contributed by atoms with E-state index in [2.05, 4.69) is 10.2 Å². The third-order valence-electron chi connectivity index (χ3n) is 6.49. The second kappa shape index (κ2) is 14.1. The van der Waals surface area contributed by atoms with Crippen molar-refractivity contribution in [1.82, 2.24) is 10.0 Å². The van der Waals surface area contributed by atoms with Crippen molar-refractivity contribution in [3.8, 4) is 0 Å². The van der Waals surface area contributed by atoms with E-state index in [1.165, 1.54) is 0 Å². The number of Topliss-reactive ketones (excluding diaryl/α,β-unsaturated/α-hetero) is 2. The van der Waals surface area contributed by atoms with Crippen LogP contribution in [0.15, 0.2) is 58.7 Å². The van der Waals surface area contributed by atoms with Gasteiger partial charge in [-0.25, -0.2) is 0 Å². The summed E-state index contributed by atoms with van der Waals surface area (Å²) in [6, 6.07) is 15.5. The number of rotatable bonds is 6. The monoisotopic (exact) mass is 528 g/mol. The van der Waals surface area contributed by atoms with Crippen LogP contribution in [0.25, 0.3) is 0 Å². The normalized spacial score (nSPS) is 20.3. The summed E-state index contributed by atoms with van der Waals surface area (Å²) < 4.78 is 0. The minimum Gasteiger partial charge on any atom is -0.300 e. The standard InChI is InChI=1S/2C14H17ClN2O/c2*1-17(13-3-2-4-14(18)9-13)16-10-11-5-7-12(15)8-6-11/h2*5-8,10,13H,2-4,9H2,1H3/b2*16-10+/t2*13-/m00/s1. The first-order chi connectivity index (χ1) is 17.3. The van der Waals surface area contributed by atoms with Crippen LogP contribution in [-0.4, -0.2) is 60.2 Å². The Hall–Kier alpha value is -2.70. The molecule has 8 heteroatoms. The molecule has 192 valence electrons. The van der Waals surface area contributed by atoms with Gasteiger partial charge in [0.25, 0.3) is 0 Å². The number of carbonyl (C=O) groups excluding carboxylic acids is 2. The molecule has 36 heavy (non-hydrogen) atoms. The Morgan fingerprint density at radius 2 is 1.06 bits per heavy atom. The predicted molar refractivity (Wildman–Crippen MR) is 148 cm³/mol. The Bertz CT molecular complexity index is 969. The number of halogens is 2. The molecule has 2 fully saturated rings. The van der Waals surface area contributed by atoms with Crippen LogP contribution in [-0.2, 0) is 9.59 Å². The van der Waals surface area contributed by atoms with Gasteiger partial charge >= 0.3 is 0 Å². The lowest BCUT2D eigenvalue weighted by Crippen LogP contribution is -2.32. The number of hydrazone groups is 2. The maximum Gasteiger partial charge on any atom is 0.135 e. The molecule has 2 saturated carbocycles. The average Bonchev–Trinajstić information content (AvgIpc) is 2.88. The summed E-state index contributed by atoms with van der Waals surface area (Å²) in [7, 11) is 3.85. The summed E-state index contributed by atoms with van der Waals surface area (Å²) >= 11 is 11.6. The molecule has 0 aromatic heterocycles. The van der Waals surface area contributed by atoms with Crippen molar-refractivity contribution in [2.75, 3.05) is 14.1 Å². The summed E-state index contributed by atoms with van der Waals surface area (Å²) in [6.45, 7) is 0. The quantitative estimate of drug-likeness (QED) is 0.329. The lowest BCUT2D eigenvalue weighted by atomic mass is 9.94. The first-order valence-electron chi connectivity index (χ1n) is 12.4. The Morgan fingerprint density at radius 1 is 0.694 bits per heavy atom. The molecule has 4 rings (SSSR count). The van der Waals surface area contributed by atoms with E-state index < -0.39 is 0 Å². The van der Waals surface area contributed by atoms with Crippen LogP contribution in [0, 0.1) is 0 Å². The van der Waals surface area contributed by atoms with Gasteiger partial charge in [-0.1, -0.05) is 47.5 Å². The van der Waals surface area contributed by atoms with Gasteiger partial charge in [0.2, 0.25) is 0 Å². The van der Waals surface area contributed by atoms with Crippen LogP contribution >= 0.6 is 23.2 Å². The molecule has 0 aliphatic heterocycles. The summed E-state index contributed by atoms with van der Waals surface area (Å²) in [5.74, 6) is 0.694. The van der Waals surface area contributed by atoms with E-state index >= 15 is 0 Å². The maximum absolute atomic E-state index is 11.4. The minimum absolute atomic E-state index is 0.245. The van der Waals surface area contributed by atoms with Crippen molar-refractivity contribution < 1.29 is 9.59 Å². The second-order valence-electron chi connectivity index (χ2n) is 9.32. The highest BCUT2D eigenvalue weighted by Crippen LogP contribution is 2.20. The molecule has 0 spiro atoms. The molecular formula is C28H34Cl2N4O2. The van der Waals surface area contributed by atoms with E-state index in [-0.39, 0.29) is 12.1 Å².